The van der Waals surface area contributed by atoms with Crippen LogP contribution in [0.2, 0.25) is 5.02 Å². The van der Waals surface area contributed by atoms with Gasteiger partial charge in [0.15, 0.2) is 5.58 Å². The van der Waals surface area contributed by atoms with Gasteiger partial charge in [-0.25, -0.2) is 0 Å². The van der Waals surface area contributed by atoms with E-state index in [9.17, 15) is 0 Å². The van der Waals surface area contributed by atoms with E-state index in [1.54, 1.807) is 0 Å². The van der Waals surface area contributed by atoms with Crippen LogP contribution in [0.4, 0.5) is 0 Å². The van der Waals surface area contributed by atoms with Crippen LogP contribution in [-0.2, 0) is 0 Å². The molecule has 0 aliphatic heterocycles. The van der Waals surface area contributed by atoms with E-state index in [0.29, 0.717) is 5.02 Å². The van der Waals surface area contributed by atoms with Gasteiger partial charge in [-0.2, -0.15) is 0 Å². The lowest BCUT2D eigenvalue weighted by Gasteiger charge is -2.07. The predicted molar refractivity (Wildman–Crippen MR) is 113 cm³/mol. The van der Waals surface area contributed by atoms with Crippen molar-refractivity contribution in [2.45, 2.75) is 0 Å². The number of furan rings is 1. The average Bonchev–Trinajstić information content (AvgIpc) is 3.24. The fraction of sp³-hybridized carbons (Fsp3) is 0. The summed E-state index contributed by atoms with van der Waals surface area (Å²) >= 11 is 6.33. The minimum Gasteiger partial charge on any atom is -0.454 e. The molecule has 2 heterocycles. The number of hydrogen-bond acceptors (Lipinski definition) is 1. The van der Waals surface area contributed by atoms with Crippen molar-refractivity contribution in [2.75, 3.05) is 0 Å². The molecule has 0 saturated heterocycles. The fourth-order valence-electron chi connectivity index (χ4n) is 4.09. The SMILES string of the molecule is Clc1cccc2c1oc1cc(-n3c4ccccc4c4ccccc43)ccc12. The van der Waals surface area contributed by atoms with Crippen LogP contribution in [0.3, 0.4) is 0 Å². The molecule has 4 aromatic carbocycles. The Labute approximate surface area is 160 Å². The lowest BCUT2D eigenvalue weighted by molar-refractivity contribution is 0.669. The monoisotopic (exact) mass is 367 g/mol. The number of rotatable bonds is 1. The lowest BCUT2D eigenvalue weighted by Crippen LogP contribution is -1.92. The molecule has 128 valence electrons. The van der Waals surface area contributed by atoms with Crippen LogP contribution in [-0.4, -0.2) is 4.57 Å². The second-order valence-electron chi connectivity index (χ2n) is 6.77. The van der Waals surface area contributed by atoms with Gasteiger partial charge in [-0.15, -0.1) is 0 Å². The zero-order chi connectivity index (χ0) is 18.0. The van der Waals surface area contributed by atoms with E-state index < -0.39 is 0 Å². The molecule has 27 heavy (non-hydrogen) atoms. The minimum atomic E-state index is 0.641. The molecule has 6 aromatic rings. The van der Waals surface area contributed by atoms with Gasteiger partial charge in [0, 0.05) is 33.3 Å². The zero-order valence-corrected chi connectivity index (χ0v) is 15.1. The Balaban J connectivity index is 1.72. The van der Waals surface area contributed by atoms with Crippen molar-refractivity contribution in [2.24, 2.45) is 0 Å². The number of fused-ring (bicyclic) bond motifs is 6. The highest BCUT2D eigenvalue weighted by atomic mass is 35.5. The molecule has 0 saturated carbocycles. The predicted octanol–water partition coefficient (Wildman–Crippen LogP) is 7.34. The maximum atomic E-state index is 6.33. The quantitative estimate of drug-likeness (QED) is 0.297. The lowest BCUT2D eigenvalue weighted by atomic mass is 10.1. The van der Waals surface area contributed by atoms with E-state index in [2.05, 4.69) is 71.3 Å². The van der Waals surface area contributed by atoms with Crippen LogP contribution < -0.4 is 0 Å². The molecule has 0 radical (unpaired) electrons. The first-order valence-electron chi connectivity index (χ1n) is 8.90. The van der Waals surface area contributed by atoms with Crippen molar-refractivity contribution in [3.05, 3.63) is 90.0 Å². The third-order valence-corrected chi connectivity index (χ3v) is 5.57. The topological polar surface area (TPSA) is 18.1 Å². The molecule has 0 aliphatic carbocycles. The molecular formula is C24H14ClNO. The summed E-state index contributed by atoms with van der Waals surface area (Å²) in [6.07, 6.45) is 0. The van der Waals surface area contributed by atoms with Gasteiger partial charge >= 0.3 is 0 Å². The van der Waals surface area contributed by atoms with E-state index in [4.69, 9.17) is 16.0 Å². The molecule has 0 bridgehead atoms. The highest BCUT2D eigenvalue weighted by Gasteiger charge is 2.14. The molecule has 0 fully saturated rings. The molecule has 0 amide bonds. The molecule has 0 N–H and O–H groups in total. The molecule has 2 aromatic heterocycles. The second kappa shape index (κ2) is 5.38. The van der Waals surface area contributed by atoms with Crippen molar-refractivity contribution in [3.63, 3.8) is 0 Å². The van der Waals surface area contributed by atoms with Crippen molar-refractivity contribution < 1.29 is 4.42 Å². The van der Waals surface area contributed by atoms with Crippen LogP contribution in [0.15, 0.2) is 89.3 Å². The molecule has 0 atom stereocenters. The van der Waals surface area contributed by atoms with Crippen LogP contribution in [0.1, 0.15) is 0 Å². The first-order valence-corrected chi connectivity index (χ1v) is 9.28. The molecule has 6 rings (SSSR count). The summed E-state index contributed by atoms with van der Waals surface area (Å²) in [5.41, 5.74) is 5.04. The maximum Gasteiger partial charge on any atom is 0.153 e. The van der Waals surface area contributed by atoms with Crippen LogP contribution in [0.5, 0.6) is 0 Å². The van der Waals surface area contributed by atoms with Crippen LogP contribution in [0, 0.1) is 0 Å². The third kappa shape index (κ3) is 2.02. The van der Waals surface area contributed by atoms with Gasteiger partial charge in [0.2, 0.25) is 0 Å². The summed E-state index contributed by atoms with van der Waals surface area (Å²) in [6.45, 7) is 0. The standard InChI is InChI=1S/C24H14ClNO/c25-20-9-5-8-19-18-13-12-15(14-23(18)27-24(19)20)26-21-10-3-1-6-16(21)17-7-2-4-11-22(17)26/h1-14H. The number of nitrogens with zero attached hydrogens (tertiary/aromatic N) is 1. The highest BCUT2D eigenvalue weighted by Crippen LogP contribution is 2.36. The van der Waals surface area contributed by atoms with E-state index in [1.807, 2.05) is 18.2 Å². The van der Waals surface area contributed by atoms with Gasteiger partial charge in [0.25, 0.3) is 0 Å². The third-order valence-electron chi connectivity index (χ3n) is 5.27. The average molecular weight is 368 g/mol. The number of benzene rings is 4. The number of hydrogen-bond donors (Lipinski definition) is 0. The number of aromatic nitrogens is 1. The van der Waals surface area contributed by atoms with Gasteiger partial charge in [-0.05, 0) is 30.3 Å². The Hall–Kier alpha value is -3.23. The molecule has 0 aliphatic rings. The van der Waals surface area contributed by atoms with E-state index >= 15 is 0 Å². The number of para-hydroxylation sites is 3. The van der Waals surface area contributed by atoms with Crippen molar-refractivity contribution in [1.29, 1.82) is 0 Å². The van der Waals surface area contributed by atoms with Gasteiger partial charge in [0.05, 0.1) is 16.1 Å². The highest BCUT2D eigenvalue weighted by molar-refractivity contribution is 6.35. The Bertz CT molecular complexity index is 1440. The normalized spacial score (nSPS) is 11.9. The van der Waals surface area contributed by atoms with Crippen molar-refractivity contribution in [3.8, 4) is 5.69 Å². The number of halogens is 1. The Kier molecular flexibility index (Phi) is 2.97. The summed E-state index contributed by atoms with van der Waals surface area (Å²) in [5, 5.41) is 5.27. The van der Waals surface area contributed by atoms with Gasteiger partial charge in [0.1, 0.15) is 5.58 Å². The van der Waals surface area contributed by atoms with E-state index in [0.717, 1.165) is 27.6 Å². The van der Waals surface area contributed by atoms with Gasteiger partial charge in [-0.1, -0.05) is 60.1 Å². The summed E-state index contributed by atoms with van der Waals surface area (Å²) < 4.78 is 8.39. The molecule has 0 spiro atoms. The molecule has 0 unspecified atom stereocenters. The first kappa shape index (κ1) is 14.9. The Morgan fingerprint density at radius 2 is 1.30 bits per heavy atom. The summed E-state index contributed by atoms with van der Waals surface area (Å²) in [6, 6.07) is 29.2. The van der Waals surface area contributed by atoms with Crippen LogP contribution in [0.25, 0.3) is 49.4 Å². The second-order valence-corrected chi connectivity index (χ2v) is 7.18. The van der Waals surface area contributed by atoms with Crippen molar-refractivity contribution >= 4 is 55.3 Å². The molecule has 3 heteroatoms. The largest absolute Gasteiger partial charge is 0.454 e. The Morgan fingerprint density at radius 1 is 0.630 bits per heavy atom. The smallest absolute Gasteiger partial charge is 0.153 e. The maximum absolute atomic E-state index is 6.33. The zero-order valence-electron chi connectivity index (χ0n) is 14.3. The molecule has 2 nitrogen and oxygen atoms in total. The summed E-state index contributed by atoms with van der Waals surface area (Å²) in [5.74, 6) is 0. The summed E-state index contributed by atoms with van der Waals surface area (Å²) in [4.78, 5) is 0. The fourth-order valence-corrected chi connectivity index (χ4v) is 4.31. The minimum absolute atomic E-state index is 0.641. The Morgan fingerprint density at radius 3 is 2.04 bits per heavy atom. The van der Waals surface area contributed by atoms with Gasteiger partial charge in [-0.3, -0.25) is 0 Å². The van der Waals surface area contributed by atoms with Crippen LogP contribution >= 0.6 is 11.6 Å². The summed E-state index contributed by atoms with van der Waals surface area (Å²) in [7, 11) is 0. The van der Waals surface area contributed by atoms with E-state index in [-0.39, 0.29) is 0 Å². The van der Waals surface area contributed by atoms with E-state index in [1.165, 1.54) is 21.8 Å². The molecular weight excluding hydrogens is 354 g/mol. The van der Waals surface area contributed by atoms with Gasteiger partial charge < -0.3 is 8.98 Å². The van der Waals surface area contributed by atoms with Crippen molar-refractivity contribution in [1.82, 2.24) is 4.57 Å². The first-order chi connectivity index (χ1) is 13.3.